The van der Waals surface area contributed by atoms with Crippen LogP contribution in [-0.2, 0) is 4.74 Å². The molecular weight excluding hydrogens is 450 g/mol. The zero-order valence-electron chi connectivity index (χ0n) is 21.5. The molecule has 2 fully saturated rings. The Bertz CT molecular complexity index is 1070. The number of pyridine rings is 1. The van der Waals surface area contributed by atoms with E-state index in [1.807, 2.05) is 42.6 Å². The zero-order valence-corrected chi connectivity index (χ0v) is 21.5. The van der Waals surface area contributed by atoms with Crippen molar-refractivity contribution in [1.29, 1.82) is 0 Å². The van der Waals surface area contributed by atoms with Crippen molar-refractivity contribution < 1.29 is 9.53 Å². The summed E-state index contributed by atoms with van der Waals surface area (Å²) in [5.41, 5.74) is 4.05. The number of nitrogens with zero attached hydrogens (tertiary/aromatic N) is 2. The highest BCUT2D eigenvalue weighted by Gasteiger charge is 2.29. The lowest BCUT2D eigenvalue weighted by atomic mass is 9.89. The maximum absolute atomic E-state index is 11.6. The highest BCUT2D eigenvalue weighted by molar-refractivity contribution is 5.85. The molecule has 4 rings (SSSR count). The highest BCUT2D eigenvalue weighted by atomic mass is 16.5. The summed E-state index contributed by atoms with van der Waals surface area (Å²) in [6.45, 7) is 8.19. The quantitative estimate of drug-likeness (QED) is 0.407. The van der Waals surface area contributed by atoms with E-state index < -0.39 is 6.09 Å². The fraction of sp³-hybridized carbons (Fsp3) is 0.448. The van der Waals surface area contributed by atoms with Crippen LogP contribution in [0.2, 0.25) is 0 Å². The Morgan fingerprint density at radius 1 is 1.11 bits per heavy atom. The summed E-state index contributed by atoms with van der Waals surface area (Å²) in [7, 11) is 1.36. The van der Waals surface area contributed by atoms with Crippen LogP contribution in [0.3, 0.4) is 0 Å². The van der Waals surface area contributed by atoms with Gasteiger partial charge in [-0.15, -0.1) is 0 Å². The molecule has 7 heteroatoms. The number of hydrogen-bond acceptors (Lipinski definition) is 6. The molecule has 2 aliphatic rings. The van der Waals surface area contributed by atoms with E-state index in [0.717, 1.165) is 36.5 Å². The second-order valence-electron chi connectivity index (χ2n) is 9.76. The average Bonchev–Trinajstić information content (AvgIpc) is 2.90. The molecular formula is C29H39N5O2. The number of rotatable bonds is 8. The van der Waals surface area contributed by atoms with Gasteiger partial charge in [-0.3, -0.25) is 5.32 Å². The molecule has 1 aliphatic carbocycles. The van der Waals surface area contributed by atoms with Crippen molar-refractivity contribution in [3.8, 4) is 11.1 Å². The number of piperidine rings is 1. The number of anilines is 2. The van der Waals surface area contributed by atoms with Crippen molar-refractivity contribution in [1.82, 2.24) is 15.2 Å². The number of hydrogen-bond donors (Lipinski definition) is 3. The van der Waals surface area contributed by atoms with Crippen molar-refractivity contribution in [3.05, 3.63) is 67.0 Å². The number of methoxy groups -OCH3 is 1. The first-order valence-electron chi connectivity index (χ1n) is 13.0. The summed E-state index contributed by atoms with van der Waals surface area (Å²) in [5.74, 6) is 0.882. The molecule has 0 spiro atoms. The monoisotopic (exact) mass is 489 g/mol. The summed E-state index contributed by atoms with van der Waals surface area (Å²) < 4.78 is 4.71. The molecule has 0 bridgehead atoms. The third kappa shape index (κ3) is 6.88. The van der Waals surface area contributed by atoms with Crippen LogP contribution in [0.15, 0.2) is 67.0 Å². The van der Waals surface area contributed by atoms with Gasteiger partial charge in [-0.25, -0.2) is 9.78 Å². The van der Waals surface area contributed by atoms with E-state index in [4.69, 9.17) is 4.74 Å². The Morgan fingerprint density at radius 3 is 2.72 bits per heavy atom. The fourth-order valence-electron chi connectivity index (χ4n) is 5.34. The molecule has 7 nitrogen and oxygen atoms in total. The van der Waals surface area contributed by atoms with Crippen LogP contribution in [0, 0.1) is 0 Å². The van der Waals surface area contributed by atoms with Crippen LogP contribution >= 0.6 is 0 Å². The second-order valence-corrected chi connectivity index (χ2v) is 9.76. The van der Waals surface area contributed by atoms with Crippen molar-refractivity contribution >= 4 is 17.6 Å². The van der Waals surface area contributed by atoms with Crippen molar-refractivity contribution in [2.24, 2.45) is 0 Å². The first-order valence-corrected chi connectivity index (χ1v) is 13.0. The van der Waals surface area contributed by atoms with Crippen molar-refractivity contribution in [2.75, 3.05) is 30.8 Å². The normalized spacial score (nSPS) is 22.6. The van der Waals surface area contributed by atoms with Gasteiger partial charge in [0.05, 0.1) is 7.11 Å². The van der Waals surface area contributed by atoms with Gasteiger partial charge in [0.2, 0.25) is 0 Å². The number of benzene rings is 1. The Morgan fingerprint density at radius 2 is 1.92 bits per heavy atom. The minimum Gasteiger partial charge on any atom is -0.453 e. The van der Waals surface area contributed by atoms with E-state index in [-0.39, 0.29) is 0 Å². The minimum absolute atomic E-state index is 0.342. The van der Waals surface area contributed by atoms with Crippen LogP contribution in [-0.4, -0.2) is 54.3 Å². The minimum atomic E-state index is -0.479. The number of carbonyl (C=O) groups excluding carboxylic acids is 1. The van der Waals surface area contributed by atoms with Crippen LogP contribution in [0.5, 0.6) is 0 Å². The summed E-state index contributed by atoms with van der Waals surface area (Å²) in [6, 6.07) is 13.1. The summed E-state index contributed by atoms with van der Waals surface area (Å²) in [4.78, 5) is 18.7. The molecule has 2 aromatic rings. The number of carbonyl (C=O) groups is 1. The first-order chi connectivity index (χ1) is 17.6. The largest absolute Gasteiger partial charge is 0.453 e. The average molecular weight is 490 g/mol. The number of likely N-dealkylation sites (tertiary alicyclic amines) is 1. The summed E-state index contributed by atoms with van der Waals surface area (Å²) >= 11 is 0. The zero-order chi connectivity index (χ0) is 25.3. The van der Waals surface area contributed by atoms with Gasteiger partial charge in [0, 0.05) is 48.8 Å². The predicted octanol–water partition coefficient (Wildman–Crippen LogP) is 5.79. The molecule has 0 radical (unpaired) electrons. The molecule has 1 aliphatic heterocycles. The van der Waals surface area contributed by atoms with Crippen LogP contribution in [0.25, 0.3) is 11.1 Å². The van der Waals surface area contributed by atoms with Gasteiger partial charge in [0.1, 0.15) is 5.82 Å². The highest BCUT2D eigenvalue weighted by Crippen LogP contribution is 2.27. The number of allylic oxidation sites excluding steroid dienone is 3. The van der Waals surface area contributed by atoms with E-state index in [1.54, 1.807) is 0 Å². The lowest BCUT2D eigenvalue weighted by molar-refractivity contribution is 0.187. The van der Waals surface area contributed by atoms with Crippen molar-refractivity contribution in [2.45, 2.75) is 63.6 Å². The molecule has 1 aromatic carbocycles. The molecule has 1 saturated carbocycles. The summed E-state index contributed by atoms with van der Waals surface area (Å²) in [6.07, 6.45) is 12.6. The van der Waals surface area contributed by atoms with E-state index >= 15 is 0 Å². The van der Waals surface area contributed by atoms with E-state index in [2.05, 4.69) is 51.5 Å². The van der Waals surface area contributed by atoms with E-state index in [9.17, 15) is 4.79 Å². The lowest BCUT2D eigenvalue weighted by Gasteiger charge is -2.40. The van der Waals surface area contributed by atoms with E-state index in [0.29, 0.717) is 23.8 Å². The molecule has 1 aromatic heterocycles. The van der Waals surface area contributed by atoms with Gasteiger partial charge in [-0.1, -0.05) is 37.6 Å². The molecule has 1 amide bonds. The van der Waals surface area contributed by atoms with Gasteiger partial charge >= 0.3 is 6.09 Å². The Balaban J connectivity index is 1.42. The number of ether oxygens (including phenoxy) is 1. The first kappa shape index (κ1) is 25.8. The SMILES string of the molecule is C=C/C=C(\C)N1CCC[C@H](NC2CCCC[C@H]2Nc2cc(-c3cccc(NC(=O)OC)c3)ccn2)C1. The fourth-order valence-corrected chi connectivity index (χ4v) is 5.34. The molecule has 3 N–H and O–H groups in total. The van der Waals surface area contributed by atoms with Crippen molar-refractivity contribution in [3.63, 3.8) is 0 Å². The molecule has 2 heterocycles. The van der Waals surface area contributed by atoms with Gasteiger partial charge < -0.3 is 20.3 Å². The van der Waals surface area contributed by atoms with Crippen LogP contribution < -0.4 is 16.0 Å². The van der Waals surface area contributed by atoms with Gasteiger partial charge in [-0.2, -0.15) is 0 Å². The number of nitrogens with one attached hydrogen (secondary N) is 3. The predicted molar refractivity (Wildman–Crippen MR) is 147 cm³/mol. The third-order valence-corrected chi connectivity index (χ3v) is 7.22. The molecule has 1 saturated heterocycles. The Kier molecular flexibility index (Phi) is 9.01. The maximum Gasteiger partial charge on any atom is 0.411 e. The lowest BCUT2D eigenvalue weighted by Crippen LogP contribution is -2.54. The van der Waals surface area contributed by atoms with Crippen LogP contribution in [0.1, 0.15) is 45.4 Å². The van der Waals surface area contributed by atoms with Gasteiger partial charge in [-0.05, 0) is 74.1 Å². The van der Waals surface area contributed by atoms with Gasteiger partial charge in [0.25, 0.3) is 0 Å². The standard InChI is InChI=1S/C29H39N5O2/c1-4-9-21(2)34-17-8-12-25(20-34)31-26-13-5-6-14-27(26)33-28-19-23(15-16-30-28)22-10-7-11-24(18-22)32-29(35)36-3/h4,7,9-11,15-16,18-19,25-27,31H,1,5-6,8,12-14,17,20H2,2-3H3,(H,30,33)(H,32,35)/b21-9+/t25-,26?,27+/m0/s1. The second kappa shape index (κ2) is 12.6. The topological polar surface area (TPSA) is 78.5 Å². The molecule has 36 heavy (non-hydrogen) atoms. The third-order valence-electron chi connectivity index (χ3n) is 7.22. The molecule has 192 valence electrons. The smallest absolute Gasteiger partial charge is 0.411 e. The molecule has 1 unspecified atom stereocenters. The Hall–Kier alpha value is -3.32. The van der Waals surface area contributed by atoms with Gasteiger partial charge in [0.15, 0.2) is 0 Å². The molecule has 3 atom stereocenters. The maximum atomic E-state index is 11.6. The van der Waals surface area contributed by atoms with Crippen LogP contribution in [0.4, 0.5) is 16.3 Å². The number of amides is 1. The Labute approximate surface area is 215 Å². The van der Waals surface area contributed by atoms with E-state index in [1.165, 1.54) is 44.9 Å². The number of aromatic nitrogens is 1. The summed E-state index contributed by atoms with van der Waals surface area (Å²) in [5, 5.41) is 10.5.